The topological polar surface area (TPSA) is 106 Å². The van der Waals surface area contributed by atoms with Gasteiger partial charge in [-0.2, -0.15) is 0 Å². The Bertz CT molecular complexity index is 962. The number of hydrogen-bond donors (Lipinski definition) is 2. The molecule has 0 aliphatic carbocycles. The lowest BCUT2D eigenvalue weighted by atomic mass is 10.1. The average molecular weight is 375 g/mol. The molecule has 0 aliphatic heterocycles. The second kappa shape index (κ2) is 7.29. The molecule has 3 aromatic rings. The number of nitrogens with zero attached hydrogens (tertiary/aromatic N) is 1. The fourth-order valence-corrected chi connectivity index (χ4v) is 4.20. The Morgan fingerprint density at radius 3 is 2.38 bits per heavy atom. The minimum Gasteiger partial charge on any atom is -0.368 e. The maximum Gasteiger partial charge on any atom is 0.356 e. The van der Waals surface area contributed by atoms with Crippen LogP contribution in [0.5, 0.6) is 0 Å². The van der Waals surface area contributed by atoms with Crippen molar-refractivity contribution in [2.75, 3.05) is 19.5 Å². The van der Waals surface area contributed by atoms with Crippen molar-refractivity contribution in [3.63, 3.8) is 0 Å². The summed E-state index contributed by atoms with van der Waals surface area (Å²) in [5.41, 5.74) is 2.13. The summed E-state index contributed by atoms with van der Waals surface area (Å²) in [6.45, 7) is 0. The third kappa shape index (κ3) is 3.35. The summed E-state index contributed by atoms with van der Waals surface area (Å²) in [5.74, 6) is -0.796. The van der Waals surface area contributed by atoms with Crippen LogP contribution < -0.4 is 5.32 Å². The van der Waals surface area contributed by atoms with Crippen molar-refractivity contribution in [3.05, 3.63) is 70.4 Å². The molecular formula is C17H18N3O5P. The normalized spacial score (nSPS) is 12.8. The highest BCUT2D eigenvalue weighted by molar-refractivity contribution is 7.54. The Balaban J connectivity index is 2.04. The van der Waals surface area contributed by atoms with Crippen LogP contribution in [0.1, 0.15) is 11.3 Å². The van der Waals surface area contributed by atoms with Gasteiger partial charge in [0.15, 0.2) is 5.78 Å². The lowest BCUT2D eigenvalue weighted by Crippen LogP contribution is -2.13. The molecule has 0 saturated heterocycles. The number of anilines is 1. The maximum absolute atomic E-state index is 13.1. The largest absolute Gasteiger partial charge is 0.368 e. The summed E-state index contributed by atoms with van der Waals surface area (Å²) < 4.78 is 23.6. The van der Waals surface area contributed by atoms with E-state index in [2.05, 4.69) is 10.3 Å². The molecule has 1 aromatic heterocycles. The molecule has 0 unspecified atom stereocenters. The molecule has 2 aromatic carbocycles. The zero-order valence-corrected chi connectivity index (χ0v) is 15.1. The Hall–Kier alpha value is -2.67. The van der Waals surface area contributed by atoms with Crippen LogP contribution in [0.25, 0.3) is 10.9 Å². The van der Waals surface area contributed by atoms with Crippen LogP contribution in [0, 0.1) is 10.1 Å². The number of nitro benzene ring substituents is 1. The van der Waals surface area contributed by atoms with Gasteiger partial charge >= 0.3 is 7.60 Å². The van der Waals surface area contributed by atoms with E-state index in [0.717, 1.165) is 10.9 Å². The number of para-hydroxylation sites is 1. The van der Waals surface area contributed by atoms with Crippen molar-refractivity contribution < 1.29 is 18.5 Å². The van der Waals surface area contributed by atoms with Crippen LogP contribution in [-0.4, -0.2) is 24.1 Å². The van der Waals surface area contributed by atoms with Crippen molar-refractivity contribution in [1.82, 2.24) is 4.98 Å². The fraction of sp³-hybridized carbons (Fsp3) is 0.176. The van der Waals surface area contributed by atoms with Crippen molar-refractivity contribution in [2.45, 2.75) is 5.78 Å². The predicted octanol–water partition coefficient (Wildman–Crippen LogP) is 4.67. The van der Waals surface area contributed by atoms with Crippen LogP contribution in [-0.2, 0) is 13.6 Å². The molecular weight excluding hydrogens is 357 g/mol. The Morgan fingerprint density at radius 2 is 1.77 bits per heavy atom. The number of rotatable bonds is 7. The van der Waals surface area contributed by atoms with Crippen molar-refractivity contribution in [1.29, 1.82) is 0 Å². The molecule has 0 bridgehead atoms. The highest BCUT2D eigenvalue weighted by Crippen LogP contribution is 2.60. The molecule has 0 aliphatic rings. The second-order valence-corrected chi connectivity index (χ2v) is 7.87. The van der Waals surface area contributed by atoms with Crippen LogP contribution in [0.2, 0.25) is 0 Å². The molecule has 2 N–H and O–H groups in total. The maximum atomic E-state index is 13.1. The third-order valence-corrected chi connectivity index (χ3v) is 6.18. The highest BCUT2D eigenvalue weighted by atomic mass is 31.2. The van der Waals surface area contributed by atoms with E-state index in [4.69, 9.17) is 9.05 Å². The van der Waals surface area contributed by atoms with Crippen molar-refractivity contribution in [2.24, 2.45) is 0 Å². The van der Waals surface area contributed by atoms with Crippen LogP contribution in [0.15, 0.2) is 54.7 Å². The number of nitro groups is 1. The number of fused-ring (bicyclic) bond motifs is 1. The molecule has 3 rings (SSSR count). The van der Waals surface area contributed by atoms with Gasteiger partial charge in [0.2, 0.25) is 0 Å². The van der Waals surface area contributed by atoms with Crippen molar-refractivity contribution >= 4 is 29.9 Å². The zero-order chi connectivity index (χ0) is 18.7. The lowest BCUT2D eigenvalue weighted by molar-refractivity contribution is -0.384. The molecule has 8 nitrogen and oxygen atoms in total. The first-order chi connectivity index (χ1) is 12.5. The Kier molecular flexibility index (Phi) is 5.08. The number of hydrogen-bond acceptors (Lipinski definition) is 6. The average Bonchev–Trinajstić information content (AvgIpc) is 3.09. The summed E-state index contributed by atoms with van der Waals surface area (Å²) >= 11 is 0. The number of nitrogens with one attached hydrogen (secondary N) is 2. The van der Waals surface area contributed by atoms with E-state index >= 15 is 0 Å². The fourth-order valence-electron chi connectivity index (χ4n) is 2.77. The molecule has 0 radical (unpaired) electrons. The van der Waals surface area contributed by atoms with Gasteiger partial charge in [0.05, 0.1) is 4.92 Å². The van der Waals surface area contributed by atoms with Gasteiger partial charge in [-0.15, -0.1) is 0 Å². The lowest BCUT2D eigenvalue weighted by Gasteiger charge is -2.26. The van der Waals surface area contributed by atoms with E-state index in [0.29, 0.717) is 11.3 Å². The van der Waals surface area contributed by atoms with E-state index in [-0.39, 0.29) is 5.69 Å². The molecule has 1 heterocycles. The first-order valence-corrected chi connectivity index (χ1v) is 9.38. The first-order valence-electron chi connectivity index (χ1n) is 7.76. The Morgan fingerprint density at radius 1 is 1.12 bits per heavy atom. The van der Waals surface area contributed by atoms with Gasteiger partial charge in [0.1, 0.15) is 0 Å². The number of non-ortho nitro benzene ring substituents is 1. The summed E-state index contributed by atoms with van der Waals surface area (Å²) in [6, 6.07) is 13.4. The summed E-state index contributed by atoms with van der Waals surface area (Å²) in [7, 11) is -0.900. The second-order valence-electron chi connectivity index (χ2n) is 5.55. The first kappa shape index (κ1) is 18.1. The van der Waals surface area contributed by atoms with E-state index in [1.807, 2.05) is 24.3 Å². The van der Waals surface area contributed by atoms with Gasteiger partial charge in [-0.05, 0) is 18.2 Å². The van der Waals surface area contributed by atoms with Gasteiger partial charge in [0, 0.05) is 54.7 Å². The Labute approximate surface area is 149 Å². The molecule has 0 fully saturated rings. The van der Waals surface area contributed by atoms with Gasteiger partial charge < -0.3 is 19.3 Å². The van der Waals surface area contributed by atoms with E-state index in [1.165, 1.54) is 26.4 Å². The van der Waals surface area contributed by atoms with Crippen LogP contribution in [0.3, 0.4) is 0 Å². The molecule has 0 saturated carbocycles. The van der Waals surface area contributed by atoms with E-state index < -0.39 is 18.3 Å². The smallest absolute Gasteiger partial charge is 0.356 e. The number of H-pyrrole nitrogens is 1. The van der Waals surface area contributed by atoms with Gasteiger partial charge in [0.25, 0.3) is 5.69 Å². The van der Waals surface area contributed by atoms with Gasteiger partial charge in [-0.25, -0.2) is 0 Å². The number of benzene rings is 2. The third-order valence-electron chi connectivity index (χ3n) is 4.12. The monoisotopic (exact) mass is 375 g/mol. The molecule has 26 heavy (non-hydrogen) atoms. The highest BCUT2D eigenvalue weighted by Gasteiger charge is 2.37. The molecule has 1 atom stereocenters. The van der Waals surface area contributed by atoms with Gasteiger partial charge in [-0.1, -0.05) is 18.2 Å². The number of aromatic nitrogens is 1. The van der Waals surface area contributed by atoms with Crippen molar-refractivity contribution in [3.8, 4) is 0 Å². The molecule has 0 spiro atoms. The van der Waals surface area contributed by atoms with Crippen LogP contribution in [0.4, 0.5) is 11.4 Å². The standard InChI is InChI=1S/C17H18N3O5P/c1-24-26(23,25-2)17(15-11-18-16-6-4-3-5-14(15)16)19-12-7-9-13(10-8-12)20(21)22/h3-11,17-19H,1-2H3/t17-/m0/s1. The molecule has 136 valence electrons. The molecule has 0 amide bonds. The quantitative estimate of drug-likeness (QED) is 0.353. The summed E-state index contributed by atoms with van der Waals surface area (Å²) in [5, 5.41) is 14.8. The predicted molar refractivity (Wildman–Crippen MR) is 99.4 cm³/mol. The zero-order valence-electron chi connectivity index (χ0n) is 14.2. The number of aromatic amines is 1. The van der Waals surface area contributed by atoms with E-state index in [9.17, 15) is 14.7 Å². The minimum absolute atomic E-state index is 0.0270. The van der Waals surface area contributed by atoms with Crippen LogP contribution >= 0.6 is 7.60 Å². The summed E-state index contributed by atoms with van der Waals surface area (Å²) in [4.78, 5) is 13.5. The summed E-state index contributed by atoms with van der Waals surface area (Å²) in [6.07, 6.45) is 1.75. The SMILES string of the molecule is COP(=O)(OC)[C@H](Nc1ccc([N+](=O)[O-])cc1)c1c[nH]c2ccccc12. The van der Waals surface area contributed by atoms with Gasteiger partial charge in [-0.3, -0.25) is 14.7 Å². The van der Waals surface area contributed by atoms with E-state index in [1.54, 1.807) is 18.3 Å². The molecule has 9 heteroatoms. The minimum atomic E-state index is -3.55.